The highest BCUT2D eigenvalue weighted by atomic mass is 35.5. The number of esters is 1. The molecule has 0 atom stereocenters. The van der Waals surface area contributed by atoms with Crippen LogP contribution in [0.3, 0.4) is 0 Å². The number of thiazole rings is 1. The van der Waals surface area contributed by atoms with Crippen molar-refractivity contribution in [1.82, 2.24) is 25.7 Å². The second-order valence-corrected chi connectivity index (χ2v) is 9.67. The van der Waals surface area contributed by atoms with Crippen LogP contribution in [0.5, 0.6) is 0 Å². The second-order valence-electron chi connectivity index (χ2n) is 8.12. The van der Waals surface area contributed by atoms with E-state index in [1.807, 2.05) is 12.1 Å². The minimum atomic E-state index is -0.645. The van der Waals surface area contributed by atoms with Gasteiger partial charge in [-0.25, -0.2) is 9.78 Å². The molecular weight excluding hydrogens is 470 g/mol. The van der Waals surface area contributed by atoms with E-state index in [4.69, 9.17) is 25.3 Å². The van der Waals surface area contributed by atoms with Crippen LogP contribution in [0.2, 0.25) is 5.02 Å². The van der Waals surface area contributed by atoms with Gasteiger partial charge < -0.3 is 19.0 Å². The van der Waals surface area contributed by atoms with Crippen LogP contribution in [0.15, 0.2) is 33.2 Å². The Labute approximate surface area is 197 Å². The average molecular weight is 490 g/mol. The second kappa shape index (κ2) is 9.28. The number of hydrogen-bond donors (Lipinski definition) is 1. The van der Waals surface area contributed by atoms with Crippen molar-refractivity contribution in [3.63, 3.8) is 0 Å². The van der Waals surface area contributed by atoms with Crippen LogP contribution in [0.4, 0.5) is 0 Å². The number of hydrogen-bond acceptors (Lipinski definition) is 10. The van der Waals surface area contributed by atoms with Crippen molar-refractivity contribution in [2.45, 2.75) is 45.8 Å². The number of nitrogens with one attached hydrogen (secondary N) is 1. The number of benzene rings is 1. The third-order valence-corrected chi connectivity index (χ3v) is 5.42. The smallest absolute Gasteiger partial charge is 0.361 e. The number of halogens is 1. The van der Waals surface area contributed by atoms with Gasteiger partial charge in [0.05, 0.1) is 23.2 Å². The molecule has 0 saturated carbocycles. The molecule has 12 heteroatoms. The maximum atomic E-state index is 12.2. The molecule has 0 aliphatic heterocycles. The molecule has 0 aliphatic rings. The molecule has 0 fully saturated rings. The number of aromatic nitrogens is 4. The third kappa shape index (κ3) is 6.14. The molecule has 0 saturated heterocycles. The van der Waals surface area contributed by atoms with E-state index >= 15 is 0 Å². The first-order chi connectivity index (χ1) is 15.6. The summed E-state index contributed by atoms with van der Waals surface area (Å²) in [6.45, 7) is 5.31. The minimum absolute atomic E-state index is 0.0350. The molecule has 172 valence electrons. The lowest BCUT2D eigenvalue weighted by Crippen LogP contribution is -2.24. The Hall–Kier alpha value is -3.31. The van der Waals surface area contributed by atoms with Crippen molar-refractivity contribution in [3.05, 3.63) is 57.5 Å². The van der Waals surface area contributed by atoms with Crippen LogP contribution in [-0.2, 0) is 28.9 Å². The molecule has 1 N–H and O–H groups in total. The van der Waals surface area contributed by atoms with Gasteiger partial charge in [-0.3, -0.25) is 4.79 Å². The highest BCUT2D eigenvalue weighted by Crippen LogP contribution is 2.26. The highest BCUT2D eigenvalue weighted by Gasteiger charge is 2.21. The molecule has 33 heavy (non-hydrogen) atoms. The summed E-state index contributed by atoms with van der Waals surface area (Å²) in [5, 5.41) is 15.7. The van der Waals surface area contributed by atoms with Gasteiger partial charge in [-0.05, 0) is 39.0 Å². The number of ether oxygens (including phenoxy) is 1. The molecule has 0 radical (unpaired) electrons. The number of rotatable bonds is 7. The van der Waals surface area contributed by atoms with Crippen LogP contribution >= 0.6 is 22.9 Å². The van der Waals surface area contributed by atoms with E-state index in [9.17, 15) is 9.59 Å². The summed E-state index contributed by atoms with van der Waals surface area (Å²) in [6, 6.07) is 6.94. The Morgan fingerprint density at radius 1 is 1.18 bits per heavy atom. The molecule has 0 spiro atoms. The molecule has 3 aromatic heterocycles. The molecule has 4 aromatic rings. The lowest BCUT2D eigenvalue weighted by molar-refractivity contribution is -0.121. The van der Waals surface area contributed by atoms with Crippen LogP contribution in [0, 0.1) is 0 Å². The lowest BCUT2D eigenvalue weighted by atomic mass is 10.2. The Morgan fingerprint density at radius 3 is 2.76 bits per heavy atom. The Balaban J connectivity index is 1.28. The zero-order chi connectivity index (χ0) is 23.6. The van der Waals surface area contributed by atoms with Crippen LogP contribution in [0.25, 0.3) is 10.2 Å². The van der Waals surface area contributed by atoms with Crippen molar-refractivity contribution in [3.8, 4) is 0 Å². The van der Waals surface area contributed by atoms with Crippen LogP contribution in [-0.4, -0.2) is 37.8 Å². The molecule has 10 nitrogen and oxygen atoms in total. The molecular formula is C21H20ClN5O5S. The van der Waals surface area contributed by atoms with Crippen molar-refractivity contribution in [2.24, 2.45) is 0 Å². The fourth-order valence-electron chi connectivity index (χ4n) is 2.79. The summed E-state index contributed by atoms with van der Waals surface area (Å²) in [7, 11) is 0. The van der Waals surface area contributed by atoms with E-state index in [1.165, 1.54) is 17.4 Å². The fraction of sp³-hybridized carbons (Fsp3) is 0.333. The molecule has 3 heterocycles. The van der Waals surface area contributed by atoms with Crippen molar-refractivity contribution in [1.29, 1.82) is 0 Å². The zero-order valence-electron chi connectivity index (χ0n) is 18.0. The van der Waals surface area contributed by atoms with E-state index in [2.05, 4.69) is 25.7 Å². The van der Waals surface area contributed by atoms with Gasteiger partial charge in [0.25, 0.3) is 0 Å². The van der Waals surface area contributed by atoms with Crippen molar-refractivity contribution in [2.75, 3.05) is 0 Å². The summed E-state index contributed by atoms with van der Waals surface area (Å²) in [4.78, 5) is 28.7. The fourth-order valence-corrected chi connectivity index (χ4v) is 3.90. The van der Waals surface area contributed by atoms with Gasteiger partial charge in [0.1, 0.15) is 17.0 Å². The van der Waals surface area contributed by atoms with Gasteiger partial charge in [-0.15, -0.1) is 21.5 Å². The van der Waals surface area contributed by atoms with Gasteiger partial charge in [-0.1, -0.05) is 16.8 Å². The summed E-state index contributed by atoms with van der Waals surface area (Å²) >= 11 is 7.51. The first kappa shape index (κ1) is 22.9. The number of amides is 1. The average Bonchev–Trinajstić information content (AvgIpc) is 3.45. The molecule has 1 aromatic carbocycles. The maximum Gasteiger partial charge on any atom is 0.361 e. The summed E-state index contributed by atoms with van der Waals surface area (Å²) in [6.07, 6.45) is 0.257. The van der Waals surface area contributed by atoms with E-state index in [0.29, 0.717) is 23.1 Å². The monoisotopic (exact) mass is 489 g/mol. The molecule has 0 aliphatic carbocycles. The van der Waals surface area contributed by atoms with E-state index < -0.39 is 11.6 Å². The molecule has 1 amide bonds. The van der Waals surface area contributed by atoms with E-state index in [0.717, 1.165) is 15.2 Å². The number of carbonyl (C=O) groups is 2. The predicted molar refractivity (Wildman–Crippen MR) is 119 cm³/mol. The van der Waals surface area contributed by atoms with Crippen LogP contribution in [0.1, 0.15) is 53.8 Å². The van der Waals surface area contributed by atoms with Gasteiger partial charge in [0.2, 0.25) is 17.7 Å². The number of fused-ring (bicyclic) bond motifs is 1. The molecule has 0 unspecified atom stereocenters. The summed E-state index contributed by atoms with van der Waals surface area (Å²) in [5.74, 6) is -0.0984. The van der Waals surface area contributed by atoms with E-state index in [-0.39, 0.29) is 30.5 Å². The number of nitrogens with zero attached hydrogens (tertiary/aromatic N) is 4. The van der Waals surface area contributed by atoms with Crippen LogP contribution < -0.4 is 5.32 Å². The first-order valence-corrected chi connectivity index (χ1v) is 11.2. The van der Waals surface area contributed by atoms with Gasteiger partial charge >= 0.3 is 5.97 Å². The maximum absolute atomic E-state index is 12.2. The Morgan fingerprint density at radius 2 is 1.97 bits per heavy atom. The van der Waals surface area contributed by atoms with Crippen molar-refractivity contribution < 1.29 is 23.3 Å². The molecule has 0 bridgehead atoms. The standard InChI is InChI=1S/C21H20ClN5O5S/c1-21(2,3)31-20(29)14-7-12(32-27-14)10-23-16(28)8-17-25-26-18(30-17)9-19-24-13-6-11(22)4-5-15(13)33-19/h4-7H,8-10H2,1-3H3,(H,23,28). The zero-order valence-corrected chi connectivity index (χ0v) is 19.6. The molecule has 4 rings (SSSR count). The predicted octanol–water partition coefficient (Wildman–Crippen LogP) is 3.73. The summed E-state index contributed by atoms with van der Waals surface area (Å²) < 4.78 is 16.9. The topological polar surface area (TPSA) is 133 Å². The highest BCUT2D eigenvalue weighted by molar-refractivity contribution is 7.18. The van der Waals surface area contributed by atoms with Crippen molar-refractivity contribution >= 4 is 45.0 Å². The van der Waals surface area contributed by atoms with Gasteiger partial charge in [-0.2, -0.15) is 0 Å². The largest absolute Gasteiger partial charge is 0.455 e. The third-order valence-electron chi connectivity index (χ3n) is 4.14. The summed E-state index contributed by atoms with van der Waals surface area (Å²) in [5.41, 5.74) is 0.199. The first-order valence-electron chi connectivity index (χ1n) is 9.96. The quantitative estimate of drug-likeness (QED) is 0.385. The lowest BCUT2D eigenvalue weighted by Gasteiger charge is -2.18. The van der Waals surface area contributed by atoms with E-state index in [1.54, 1.807) is 26.8 Å². The van der Waals surface area contributed by atoms with Gasteiger partial charge in [0, 0.05) is 11.1 Å². The normalized spacial score (nSPS) is 11.6. The minimum Gasteiger partial charge on any atom is -0.455 e. The Bertz CT molecular complexity index is 1310. The SMILES string of the molecule is CC(C)(C)OC(=O)c1cc(CNC(=O)Cc2nnc(Cc3nc4cc(Cl)ccc4s3)o2)on1. The number of carbonyl (C=O) groups excluding carboxylic acids is 2. The Kier molecular flexibility index (Phi) is 6.43. The van der Waals surface area contributed by atoms with Gasteiger partial charge in [0.15, 0.2) is 11.5 Å².